The fourth-order valence-corrected chi connectivity index (χ4v) is 2.81. The predicted molar refractivity (Wildman–Crippen MR) is 110 cm³/mol. The summed E-state index contributed by atoms with van der Waals surface area (Å²) in [7, 11) is 0. The second-order valence-corrected chi connectivity index (χ2v) is 7.82. The lowest BCUT2D eigenvalue weighted by Crippen LogP contribution is -2.25. The van der Waals surface area contributed by atoms with Crippen LogP contribution in [0.2, 0.25) is 10.0 Å². The molecule has 0 atom stereocenters. The number of rotatable bonds is 8. The van der Waals surface area contributed by atoms with Crippen LogP contribution in [0.1, 0.15) is 19.4 Å². The van der Waals surface area contributed by atoms with Gasteiger partial charge >= 0.3 is 0 Å². The van der Waals surface area contributed by atoms with Crippen LogP contribution < -0.4 is 4.74 Å². The molecule has 1 heterocycles. The first kappa shape index (κ1) is 20.2. The molecule has 7 heteroatoms. The van der Waals surface area contributed by atoms with Crippen molar-refractivity contribution in [1.82, 2.24) is 14.8 Å². The Morgan fingerprint density at radius 2 is 1.68 bits per heavy atom. The molecule has 0 radical (unpaired) electrons. The molecular weight excluding hydrogens is 397 g/mol. The predicted octanol–water partition coefficient (Wildman–Crippen LogP) is 5.75. The number of hydrogen-bond acceptors (Lipinski definition) is 4. The lowest BCUT2D eigenvalue weighted by atomic mass is 9.91. The van der Waals surface area contributed by atoms with Gasteiger partial charge in [-0.15, -0.1) is 0 Å². The maximum atomic E-state index is 6.13. The van der Waals surface area contributed by atoms with Gasteiger partial charge < -0.3 is 9.47 Å². The standard InChI is InChI=1S/C21H21Cl2N3O2/c1-21(2,13-26-15-24-14-25-26)20(12-27-19-9-7-18(23)8-10-19)28-11-16-3-5-17(22)6-4-16/h3-10,12,14-15H,11,13H2,1-2H3. The molecule has 2 aromatic carbocycles. The third kappa shape index (κ3) is 5.75. The summed E-state index contributed by atoms with van der Waals surface area (Å²) in [4.78, 5) is 4.00. The highest BCUT2D eigenvalue weighted by molar-refractivity contribution is 6.30. The van der Waals surface area contributed by atoms with E-state index in [0.717, 1.165) is 5.56 Å². The Morgan fingerprint density at radius 3 is 2.29 bits per heavy atom. The molecule has 0 aliphatic carbocycles. The smallest absolute Gasteiger partial charge is 0.139 e. The van der Waals surface area contributed by atoms with Crippen LogP contribution in [-0.4, -0.2) is 14.8 Å². The fourth-order valence-electron chi connectivity index (χ4n) is 2.56. The fraction of sp³-hybridized carbons (Fsp3) is 0.238. The lowest BCUT2D eigenvalue weighted by Gasteiger charge is -2.27. The van der Waals surface area contributed by atoms with Crippen molar-refractivity contribution in [2.75, 3.05) is 0 Å². The summed E-state index contributed by atoms with van der Waals surface area (Å²) < 4.78 is 13.7. The van der Waals surface area contributed by atoms with Gasteiger partial charge in [-0.3, -0.25) is 4.68 Å². The van der Waals surface area contributed by atoms with Crippen molar-refractivity contribution in [3.63, 3.8) is 0 Å². The maximum Gasteiger partial charge on any atom is 0.139 e. The monoisotopic (exact) mass is 417 g/mol. The largest absolute Gasteiger partial charge is 0.489 e. The summed E-state index contributed by atoms with van der Waals surface area (Å²) in [6, 6.07) is 14.7. The van der Waals surface area contributed by atoms with E-state index in [1.165, 1.54) is 6.33 Å². The van der Waals surface area contributed by atoms with Crippen LogP contribution in [0.15, 0.2) is 73.2 Å². The molecule has 0 saturated heterocycles. The van der Waals surface area contributed by atoms with Crippen molar-refractivity contribution in [2.24, 2.45) is 5.41 Å². The summed E-state index contributed by atoms with van der Waals surface area (Å²) >= 11 is 11.9. The van der Waals surface area contributed by atoms with Gasteiger partial charge in [-0.25, -0.2) is 4.98 Å². The zero-order valence-corrected chi connectivity index (χ0v) is 17.2. The van der Waals surface area contributed by atoms with Crippen LogP contribution in [0.5, 0.6) is 5.75 Å². The van der Waals surface area contributed by atoms with Crippen molar-refractivity contribution in [2.45, 2.75) is 27.0 Å². The van der Waals surface area contributed by atoms with E-state index >= 15 is 0 Å². The van der Waals surface area contributed by atoms with Crippen LogP contribution in [0.4, 0.5) is 0 Å². The van der Waals surface area contributed by atoms with Crippen molar-refractivity contribution in [3.8, 4) is 5.75 Å². The van der Waals surface area contributed by atoms with Crippen LogP contribution in [-0.2, 0) is 17.9 Å². The van der Waals surface area contributed by atoms with Crippen molar-refractivity contribution in [1.29, 1.82) is 0 Å². The molecule has 0 amide bonds. The molecule has 1 aromatic heterocycles. The minimum absolute atomic E-state index is 0.382. The Labute approximate surface area is 174 Å². The Balaban J connectivity index is 1.78. The van der Waals surface area contributed by atoms with Crippen molar-refractivity contribution < 1.29 is 9.47 Å². The van der Waals surface area contributed by atoms with Crippen LogP contribution in [0.3, 0.4) is 0 Å². The molecule has 0 saturated carbocycles. The number of hydrogen-bond donors (Lipinski definition) is 0. The Hall–Kier alpha value is -2.50. The SMILES string of the molecule is CC(C)(Cn1cncn1)C(=COc1ccc(Cl)cc1)OCc1ccc(Cl)cc1. The van der Waals surface area contributed by atoms with Crippen LogP contribution >= 0.6 is 23.2 Å². The molecule has 0 spiro atoms. The molecule has 0 bridgehead atoms. The van der Waals surface area contributed by atoms with E-state index in [9.17, 15) is 0 Å². The molecule has 0 fully saturated rings. The van der Waals surface area contributed by atoms with E-state index in [0.29, 0.717) is 34.7 Å². The highest BCUT2D eigenvalue weighted by Gasteiger charge is 2.27. The topological polar surface area (TPSA) is 49.2 Å². The number of nitrogens with zero attached hydrogens (tertiary/aromatic N) is 3. The van der Waals surface area contributed by atoms with E-state index in [2.05, 4.69) is 23.9 Å². The number of aromatic nitrogens is 3. The first-order valence-electron chi connectivity index (χ1n) is 8.75. The zero-order valence-electron chi connectivity index (χ0n) is 15.7. The minimum Gasteiger partial charge on any atom is -0.489 e. The van der Waals surface area contributed by atoms with E-state index in [1.54, 1.807) is 41.5 Å². The van der Waals surface area contributed by atoms with Gasteiger partial charge in [-0.1, -0.05) is 49.2 Å². The van der Waals surface area contributed by atoms with Crippen LogP contribution in [0.25, 0.3) is 0 Å². The summed E-state index contributed by atoms with van der Waals surface area (Å²) in [6.45, 7) is 5.11. The molecule has 3 rings (SSSR count). The maximum absolute atomic E-state index is 6.13. The summed E-state index contributed by atoms with van der Waals surface area (Å²) in [5.41, 5.74) is 0.630. The van der Waals surface area contributed by atoms with Crippen LogP contribution in [0, 0.1) is 5.41 Å². The third-order valence-electron chi connectivity index (χ3n) is 4.11. The average molecular weight is 418 g/mol. The molecule has 0 aliphatic rings. The Kier molecular flexibility index (Phi) is 6.60. The molecule has 5 nitrogen and oxygen atoms in total. The Bertz CT molecular complexity index is 906. The normalized spacial score (nSPS) is 12.1. The van der Waals surface area contributed by atoms with Gasteiger partial charge in [0.1, 0.15) is 37.0 Å². The summed E-state index contributed by atoms with van der Waals surface area (Å²) in [5, 5.41) is 5.54. The van der Waals surface area contributed by atoms with Gasteiger partial charge in [-0.05, 0) is 42.0 Å². The summed E-state index contributed by atoms with van der Waals surface area (Å²) in [6.07, 6.45) is 4.83. The van der Waals surface area contributed by atoms with Gasteiger partial charge in [-0.2, -0.15) is 5.10 Å². The summed E-state index contributed by atoms with van der Waals surface area (Å²) in [5.74, 6) is 1.36. The average Bonchev–Trinajstić information content (AvgIpc) is 3.16. The Morgan fingerprint density at radius 1 is 1.04 bits per heavy atom. The molecule has 3 aromatic rings. The van der Waals surface area contributed by atoms with E-state index < -0.39 is 0 Å². The molecular formula is C21H21Cl2N3O2. The minimum atomic E-state index is -0.382. The highest BCUT2D eigenvalue weighted by atomic mass is 35.5. The number of ether oxygens (including phenoxy) is 2. The zero-order chi connectivity index (χ0) is 20.0. The third-order valence-corrected chi connectivity index (χ3v) is 4.62. The highest BCUT2D eigenvalue weighted by Crippen LogP contribution is 2.30. The molecule has 0 unspecified atom stereocenters. The second kappa shape index (κ2) is 9.13. The van der Waals surface area contributed by atoms with Crippen molar-refractivity contribution in [3.05, 3.63) is 88.8 Å². The van der Waals surface area contributed by atoms with E-state index in [1.807, 2.05) is 24.3 Å². The number of allylic oxidation sites excluding steroid dienone is 1. The van der Waals surface area contributed by atoms with Gasteiger partial charge in [0.2, 0.25) is 0 Å². The lowest BCUT2D eigenvalue weighted by molar-refractivity contribution is 0.111. The number of benzene rings is 2. The van der Waals surface area contributed by atoms with Gasteiger partial charge in [0.25, 0.3) is 0 Å². The molecule has 28 heavy (non-hydrogen) atoms. The quantitative estimate of drug-likeness (QED) is 0.437. The molecule has 0 N–H and O–H groups in total. The number of halogens is 2. The van der Waals surface area contributed by atoms with Gasteiger partial charge in [0, 0.05) is 15.5 Å². The first-order valence-corrected chi connectivity index (χ1v) is 9.50. The van der Waals surface area contributed by atoms with E-state index in [4.69, 9.17) is 32.7 Å². The molecule has 146 valence electrons. The van der Waals surface area contributed by atoms with Gasteiger partial charge in [0.05, 0.1) is 6.54 Å². The van der Waals surface area contributed by atoms with Gasteiger partial charge in [0.15, 0.2) is 0 Å². The molecule has 0 aliphatic heterocycles. The second-order valence-electron chi connectivity index (χ2n) is 6.95. The van der Waals surface area contributed by atoms with Crippen molar-refractivity contribution >= 4 is 23.2 Å². The van der Waals surface area contributed by atoms with E-state index in [-0.39, 0.29) is 5.41 Å². The first-order chi connectivity index (χ1) is 13.4.